The number of amides is 1. The van der Waals surface area contributed by atoms with Gasteiger partial charge in [-0.3, -0.25) is 0 Å². The molecule has 0 unspecified atom stereocenters. The van der Waals surface area contributed by atoms with Crippen LogP contribution in [-0.2, 0) is 20.1 Å². The molecule has 0 heterocycles. The minimum absolute atomic E-state index is 0.119. The summed E-state index contributed by atoms with van der Waals surface area (Å²) in [4.78, 5) is 11.3. The van der Waals surface area contributed by atoms with E-state index in [4.69, 9.17) is 9.84 Å². The van der Waals surface area contributed by atoms with Gasteiger partial charge >= 0.3 is 6.09 Å². The molecule has 0 bridgehead atoms. The molecule has 0 aromatic heterocycles. The zero-order valence-electron chi connectivity index (χ0n) is 16.9. The molecule has 7 heteroatoms. The van der Waals surface area contributed by atoms with Gasteiger partial charge in [0.1, 0.15) is 0 Å². The van der Waals surface area contributed by atoms with E-state index in [1.165, 1.54) is 0 Å². The number of hydrogen-bond donors (Lipinski definition) is 2. The van der Waals surface area contributed by atoms with Crippen molar-refractivity contribution >= 4 is 15.9 Å². The van der Waals surface area contributed by atoms with E-state index in [9.17, 15) is 13.2 Å². The third-order valence-electron chi connectivity index (χ3n) is 5.48. The predicted molar refractivity (Wildman–Crippen MR) is 112 cm³/mol. The van der Waals surface area contributed by atoms with Crippen LogP contribution in [-0.4, -0.2) is 39.1 Å². The molecule has 0 aliphatic heterocycles. The lowest BCUT2D eigenvalue weighted by Gasteiger charge is -2.25. The first kappa shape index (κ1) is 21.3. The molecular formula is C22H27NO5S. The lowest BCUT2D eigenvalue weighted by molar-refractivity contribution is 0.151. The van der Waals surface area contributed by atoms with E-state index in [0.717, 1.165) is 29.5 Å². The van der Waals surface area contributed by atoms with Crippen molar-refractivity contribution in [2.75, 3.05) is 19.5 Å². The largest absolute Gasteiger partial charge is 0.465 e. The second kappa shape index (κ2) is 7.80. The minimum atomic E-state index is -3.36. The summed E-state index contributed by atoms with van der Waals surface area (Å²) < 4.78 is 30.7. The average Bonchev–Trinajstić information content (AvgIpc) is 3.39. The molecule has 0 radical (unpaired) electrons. The smallest absolute Gasteiger partial charge is 0.405 e. The Labute approximate surface area is 171 Å². The lowest BCUT2D eigenvalue weighted by atomic mass is 9.92. The molecule has 2 N–H and O–H groups in total. The highest BCUT2D eigenvalue weighted by Gasteiger charge is 2.46. The molecule has 29 heavy (non-hydrogen) atoms. The number of rotatable bonds is 8. The number of sulfone groups is 1. The lowest BCUT2D eigenvalue weighted by Crippen LogP contribution is -2.39. The molecule has 156 valence electrons. The van der Waals surface area contributed by atoms with Gasteiger partial charge in [-0.1, -0.05) is 36.4 Å². The highest BCUT2D eigenvalue weighted by Crippen LogP contribution is 2.47. The average molecular weight is 418 g/mol. The molecule has 1 amide bonds. The van der Waals surface area contributed by atoms with Gasteiger partial charge in [0.05, 0.1) is 22.8 Å². The summed E-state index contributed by atoms with van der Waals surface area (Å²) in [6.45, 7) is 4.07. The molecule has 0 saturated heterocycles. The molecule has 3 rings (SSSR count). The summed E-state index contributed by atoms with van der Waals surface area (Å²) in [5.74, 6) is 0.119. The Balaban J connectivity index is 1.76. The molecule has 0 spiro atoms. The first-order valence-corrected chi connectivity index (χ1v) is 11.2. The molecular weight excluding hydrogens is 390 g/mol. The fourth-order valence-corrected chi connectivity index (χ4v) is 5.47. The van der Waals surface area contributed by atoms with E-state index < -0.39 is 21.5 Å². The van der Waals surface area contributed by atoms with Crippen LogP contribution in [0, 0.1) is 5.41 Å². The summed E-state index contributed by atoms with van der Waals surface area (Å²) in [7, 11) is -1.76. The van der Waals surface area contributed by atoms with E-state index in [0.29, 0.717) is 11.5 Å². The van der Waals surface area contributed by atoms with Gasteiger partial charge in [0.2, 0.25) is 0 Å². The van der Waals surface area contributed by atoms with E-state index in [1.54, 1.807) is 45.2 Å². The maximum Gasteiger partial charge on any atom is 0.405 e. The number of methoxy groups -OCH3 is 1. The third kappa shape index (κ3) is 4.97. The summed E-state index contributed by atoms with van der Waals surface area (Å²) >= 11 is 0. The second-order valence-electron chi connectivity index (χ2n) is 8.35. The maximum absolute atomic E-state index is 12.7. The third-order valence-corrected chi connectivity index (χ3v) is 7.46. The fraction of sp³-hybridized carbons (Fsp3) is 0.409. The van der Waals surface area contributed by atoms with Crippen LogP contribution in [0.2, 0.25) is 0 Å². The molecule has 1 aliphatic rings. The maximum atomic E-state index is 12.7. The van der Waals surface area contributed by atoms with Crippen molar-refractivity contribution in [3.05, 3.63) is 54.1 Å². The van der Waals surface area contributed by atoms with Crippen LogP contribution in [0.15, 0.2) is 53.4 Å². The minimum Gasteiger partial charge on any atom is -0.465 e. The van der Waals surface area contributed by atoms with Gasteiger partial charge in [-0.05, 0) is 55.5 Å². The Morgan fingerprint density at radius 2 is 1.59 bits per heavy atom. The highest BCUT2D eigenvalue weighted by atomic mass is 32.2. The predicted octanol–water partition coefficient (Wildman–Crippen LogP) is 4.06. The summed E-state index contributed by atoms with van der Waals surface area (Å²) in [6, 6.07) is 14.5. The van der Waals surface area contributed by atoms with Crippen molar-refractivity contribution in [3.63, 3.8) is 0 Å². The molecule has 0 atom stereocenters. The Morgan fingerprint density at radius 1 is 1.07 bits per heavy atom. The Kier molecular flexibility index (Phi) is 5.74. The Bertz CT molecular complexity index is 975. The second-order valence-corrected chi connectivity index (χ2v) is 10.3. The number of carbonyl (C=O) groups is 1. The molecule has 1 saturated carbocycles. The molecule has 2 aromatic rings. The van der Waals surface area contributed by atoms with Crippen LogP contribution in [0.3, 0.4) is 0 Å². The topological polar surface area (TPSA) is 92.7 Å². The standard InChI is InChI=1S/C22H27NO5S/c1-21(2,23-20(24)25)18-8-4-16(5-9-18)17-6-10-19(11-7-17)29(26,27)15-22(12-13-22)14-28-3/h4-11,23H,12-15H2,1-3H3,(H,24,25). The van der Waals surface area contributed by atoms with Crippen molar-refractivity contribution in [1.82, 2.24) is 5.32 Å². The summed E-state index contributed by atoms with van der Waals surface area (Å²) in [5.41, 5.74) is 1.75. The van der Waals surface area contributed by atoms with Gasteiger partial charge in [0.15, 0.2) is 9.84 Å². The van der Waals surface area contributed by atoms with Crippen LogP contribution in [0.5, 0.6) is 0 Å². The first-order valence-electron chi connectivity index (χ1n) is 9.51. The van der Waals surface area contributed by atoms with E-state index in [1.807, 2.05) is 24.3 Å². The van der Waals surface area contributed by atoms with Gasteiger partial charge in [-0.15, -0.1) is 0 Å². The zero-order chi connectivity index (χ0) is 21.3. The first-order chi connectivity index (χ1) is 13.6. The van der Waals surface area contributed by atoms with Gasteiger partial charge in [0.25, 0.3) is 0 Å². The highest BCUT2D eigenvalue weighted by molar-refractivity contribution is 7.91. The fourth-order valence-electron chi connectivity index (χ4n) is 3.57. The number of carboxylic acid groups (broad SMARTS) is 1. The Hall–Kier alpha value is -2.38. The van der Waals surface area contributed by atoms with Crippen molar-refractivity contribution < 1.29 is 23.1 Å². The van der Waals surface area contributed by atoms with E-state index in [-0.39, 0.29) is 11.2 Å². The van der Waals surface area contributed by atoms with Gasteiger partial charge in [-0.2, -0.15) is 0 Å². The van der Waals surface area contributed by atoms with Crippen molar-refractivity contribution in [3.8, 4) is 11.1 Å². The van der Waals surface area contributed by atoms with Crippen LogP contribution in [0.25, 0.3) is 11.1 Å². The van der Waals surface area contributed by atoms with Gasteiger partial charge < -0.3 is 15.2 Å². The monoisotopic (exact) mass is 417 g/mol. The van der Waals surface area contributed by atoms with Crippen LogP contribution >= 0.6 is 0 Å². The molecule has 2 aromatic carbocycles. The summed E-state index contributed by atoms with van der Waals surface area (Å²) in [6.07, 6.45) is 0.698. The number of benzene rings is 2. The van der Waals surface area contributed by atoms with E-state index in [2.05, 4.69) is 5.32 Å². The Morgan fingerprint density at radius 3 is 2.03 bits per heavy atom. The van der Waals surface area contributed by atoms with Gasteiger partial charge in [-0.25, -0.2) is 13.2 Å². The van der Waals surface area contributed by atoms with E-state index >= 15 is 0 Å². The normalized spacial score (nSPS) is 15.7. The van der Waals surface area contributed by atoms with Crippen molar-refractivity contribution in [2.45, 2.75) is 37.1 Å². The molecule has 6 nitrogen and oxygen atoms in total. The quantitative estimate of drug-likeness (QED) is 0.676. The van der Waals surface area contributed by atoms with Crippen LogP contribution < -0.4 is 5.32 Å². The van der Waals surface area contributed by atoms with Crippen LogP contribution in [0.4, 0.5) is 4.79 Å². The summed E-state index contributed by atoms with van der Waals surface area (Å²) in [5, 5.41) is 11.5. The number of hydrogen-bond acceptors (Lipinski definition) is 4. The van der Waals surface area contributed by atoms with Crippen molar-refractivity contribution in [2.24, 2.45) is 5.41 Å². The van der Waals surface area contributed by atoms with Crippen molar-refractivity contribution in [1.29, 1.82) is 0 Å². The molecule has 1 aliphatic carbocycles. The number of ether oxygens (including phenoxy) is 1. The zero-order valence-corrected chi connectivity index (χ0v) is 17.8. The van der Waals surface area contributed by atoms with Crippen LogP contribution in [0.1, 0.15) is 32.3 Å². The van der Waals surface area contributed by atoms with Gasteiger partial charge in [0, 0.05) is 12.5 Å². The molecule has 1 fully saturated rings. The SMILES string of the molecule is COCC1(CS(=O)(=O)c2ccc(-c3ccc(C(C)(C)NC(=O)O)cc3)cc2)CC1. The number of nitrogens with one attached hydrogen (secondary N) is 1.